The van der Waals surface area contributed by atoms with Crippen LogP contribution in [0.25, 0.3) is 22.0 Å². The molecule has 27 heavy (non-hydrogen) atoms. The third kappa shape index (κ3) is 4.38. The predicted molar refractivity (Wildman–Crippen MR) is 104 cm³/mol. The first kappa shape index (κ1) is 18.7. The summed E-state index contributed by atoms with van der Waals surface area (Å²) in [6.07, 6.45) is 4.20. The van der Waals surface area contributed by atoms with E-state index in [0.717, 1.165) is 40.8 Å². The molecule has 2 heterocycles. The highest BCUT2D eigenvalue weighted by Gasteiger charge is 2.11. The molecule has 0 atom stereocenters. The summed E-state index contributed by atoms with van der Waals surface area (Å²) >= 11 is 0. The number of hydrogen-bond donors (Lipinski definition) is 1. The Morgan fingerprint density at radius 1 is 1.15 bits per heavy atom. The van der Waals surface area contributed by atoms with E-state index in [1.165, 1.54) is 13.3 Å². The summed E-state index contributed by atoms with van der Waals surface area (Å²) in [6, 6.07) is 7.64. The molecule has 0 aliphatic heterocycles. The lowest BCUT2D eigenvalue weighted by atomic mass is 10.0. The number of anilines is 1. The van der Waals surface area contributed by atoms with E-state index in [-0.39, 0.29) is 0 Å². The molecule has 0 aliphatic carbocycles. The smallest absolute Gasteiger partial charge is 0.339 e. The second-order valence-corrected chi connectivity index (χ2v) is 6.08. The van der Waals surface area contributed by atoms with Crippen LogP contribution in [0, 0.1) is 6.92 Å². The zero-order valence-electron chi connectivity index (χ0n) is 15.7. The highest BCUT2D eigenvalue weighted by Crippen LogP contribution is 2.28. The van der Waals surface area contributed by atoms with Gasteiger partial charge in [0.05, 0.1) is 18.2 Å². The van der Waals surface area contributed by atoms with Gasteiger partial charge in [0.1, 0.15) is 11.6 Å². The fourth-order valence-corrected chi connectivity index (χ4v) is 2.77. The van der Waals surface area contributed by atoms with Crippen molar-refractivity contribution in [3.8, 4) is 11.1 Å². The molecule has 0 bridgehead atoms. The number of ether oxygens (including phenoxy) is 2. The molecule has 0 fully saturated rings. The molecule has 2 aromatic heterocycles. The van der Waals surface area contributed by atoms with Crippen LogP contribution in [0.3, 0.4) is 0 Å². The lowest BCUT2D eigenvalue weighted by Crippen LogP contribution is -2.08. The number of nitrogens with one attached hydrogen (secondary N) is 1. The fourth-order valence-electron chi connectivity index (χ4n) is 2.77. The zero-order valence-corrected chi connectivity index (χ0v) is 15.7. The topological polar surface area (TPSA) is 86.2 Å². The Labute approximate surface area is 157 Å². The molecule has 0 unspecified atom stereocenters. The van der Waals surface area contributed by atoms with E-state index in [1.54, 1.807) is 19.4 Å². The minimum atomic E-state index is -0.408. The summed E-state index contributed by atoms with van der Waals surface area (Å²) in [7, 11) is 3.04. The first-order valence-electron chi connectivity index (χ1n) is 8.67. The molecule has 0 spiro atoms. The van der Waals surface area contributed by atoms with E-state index in [4.69, 9.17) is 9.47 Å². The third-order valence-corrected chi connectivity index (χ3v) is 4.14. The average molecular weight is 366 g/mol. The number of carbonyl (C=O) groups is 1. The number of esters is 1. The van der Waals surface area contributed by atoms with E-state index in [2.05, 4.69) is 20.3 Å². The van der Waals surface area contributed by atoms with Crippen LogP contribution in [-0.4, -0.2) is 48.3 Å². The number of methoxy groups -OCH3 is 2. The van der Waals surface area contributed by atoms with E-state index in [0.29, 0.717) is 18.0 Å². The van der Waals surface area contributed by atoms with Crippen molar-refractivity contribution in [2.45, 2.75) is 13.3 Å². The van der Waals surface area contributed by atoms with Gasteiger partial charge in [0.15, 0.2) is 0 Å². The van der Waals surface area contributed by atoms with E-state index < -0.39 is 5.97 Å². The van der Waals surface area contributed by atoms with Gasteiger partial charge in [-0.05, 0) is 37.1 Å². The highest BCUT2D eigenvalue weighted by atomic mass is 16.5. The number of rotatable bonds is 7. The van der Waals surface area contributed by atoms with E-state index >= 15 is 0 Å². The molecule has 0 saturated carbocycles. The van der Waals surface area contributed by atoms with Gasteiger partial charge in [-0.3, -0.25) is 4.98 Å². The van der Waals surface area contributed by atoms with Crippen LogP contribution in [-0.2, 0) is 9.47 Å². The number of aryl methyl sites for hydroxylation is 1. The second-order valence-electron chi connectivity index (χ2n) is 6.08. The molecule has 0 amide bonds. The Balaban J connectivity index is 1.97. The molecule has 140 valence electrons. The summed E-state index contributed by atoms with van der Waals surface area (Å²) in [6.45, 7) is 3.29. The van der Waals surface area contributed by atoms with E-state index in [1.807, 2.05) is 25.1 Å². The van der Waals surface area contributed by atoms with E-state index in [9.17, 15) is 4.79 Å². The minimum Gasteiger partial charge on any atom is -0.465 e. The van der Waals surface area contributed by atoms with Crippen molar-refractivity contribution in [2.75, 3.05) is 32.7 Å². The summed E-state index contributed by atoms with van der Waals surface area (Å²) in [5.74, 6) is 1.06. The molecule has 7 nitrogen and oxygen atoms in total. The van der Waals surface area contributed by atoms with Crippen LogP contribution in [0.4, 0.5) is 5.82 Å². The maximum Gasteiger partial charge on any atom is 0.339 e. The number of benzene rings is 1. The number of hydrogen-bond acceptors (Lipinski definition) is 7. The molecular weight excluding hydrogens is 344 g/mol. The maximum absolute atomic E-state index is 11.8. The van der Waals surface area contributed by atoms with Gasteiger partial charge in [-0.15, -0.1) is 0 Å². The first-order valence-corrected chi connectivity index (χ1v) is 8.67. The van der Waals surface area contributed by atoms with Crippen LogP contribution < -0.4 is 5.32 Å². The van der Waals surface area contributed by atoms with Gasteiger partial charge in [-0.1, -0.05) is 6.07 Å². The van der Waals surface area contributed by atoms with Crippen LogP contribution in [0.5, 0.6) is 0 Å². The van der Waals surface area contributed by atoms with Crippen molar-refractivity contribution in [3.63, 3.8) is 0 Å². The van der Waals surface area contributed by atoms with Crippen LogP contribution in [0.1, 0.15) is 22.6 Å². The van der Waals surface area contributed by atoms with Gasteiger partial charge < -0.3 is 14.8 Å². The van der Waals surface area contributed by atoms with Gasteiger partial charge in [0.2, 0.25) is 0 Å². The molecule has 0 saturated heterocycles. The minimum absolute atomic E-state index is 0.408. The number of pyridine rings is 1. The molecule has 3 aromatic rings. The Hall–Kier alpha value is -3.06. The zero-order chi connectivity index (χ0) is 19.2. The predicted octanol–water partition coefficient (Wildman–Crippen LogP) is 3.24. The molecule has 0 aliphatic rings. The quantitative estimate of drug-likeness (QED) is 0.507. The fraction of sp³-hybridized carbons (Fsp3) is 0.300. The number of carbonyl (C=O) groups excluding carboxylic acids is 1. The Morgan fingerprint density at radius 3 is 2.78 bits per heavy atom. The summed E-state index contributed by atoms with van der Waals surface area (Å²) in [5, 5.41) is 4.20. The average Bonchev–Trinajstić information content (AvgIpc) is 2.70. The van der Waals surface area contributed by atoms with Gasteiger partial charge in [0, 0.05) is 43.6 Å². The SMILES string of the molecule is COCCCNc1nc(C)ncc1-c1ccc2ncc(C(=O)OC)cc2c1. The lowest BCUT2D eigenvalue weighted by Gasteiger charge is -2.12. The Morgan fingerprint density at radius 2 is 2.00 bits per heavy atom. The highest BCUT2D eigenvalue weighted by molar-refractivity contribution is 5.95. The van der Waals surface area contributed by atoms with Crippen molar-refractivity contribution >= 4 is 22.7 Å². The number of fused-ring (bicyclic) bond motifs is 1. The summed E-state index contributed by atoms with van der Waals surface area (Å²) in [4.78, 5) is 25.0. The first-order chi connectivity index (χ1) is 13.1. The molecule has 1 aromatic carbocycles. The van der Waals surface area contributed by atoms with Crippen molar-refractivity contribution in [2.24, 2.45) is 0 Å². The van der Waals surface area contributed by atoms with Gasteiger partial charge in [-0.2, -0.15) is 0 Å². The molecule has 3 rings (SSSR count). The lowest BCUT2D eigenvalue weighted by molar-refractivity contribution is 0.0600. The van der Waals surface area contributed by atoms with Gasteiger partial charge >= 0.3 is 5.97 Å². The molecular formula is C20H22N4O3. The largest absolute Gasteiger partial charge is 0.465 e. The Bertz CT molecular complexity index is 959. The monoisotopic (exact) mass is 366 g/mol. The van der Waals surface area contributed by atoms with Crippen LogP contribution >= 0.6 is 0 Å². The standard InChI is InChI=1S/C20H22N4O3/c1-13-22-12-17(19(24-13)21-7-4-8-26-2)14-5-6-18-15(9-14)10-16(11-23-18)20(25)27-3/h5-6,9-12H,4,7-8H2,1-3H3,(H,21,22,24). The maximum atomic E-state index is 11.8. The van der Waals surface area contributed by atoms with Gasteiger partial charge in [-0.25, -0.2) is 14.8 Å². The Kier molecular flexibility index (Phi) is 5.93. The normalized spacial score (nSPS) is 10.8. The second kappa shape index (κ2) is 8.55. The van der Waals surface area contributed by atoms with Gasteiger partial charge in [0.25, 0.3) is 0 Å². The summed E-state index contributed by atoms with van der Waals surface area (Å²) < 4.78 is 9.87. The van der Waals surface area contributed by atoms with Crippen LogP contribution in [0.15, 0.2) is 36.7 Å². The molecule has 1 N–H and O–H groups in total. The van der Waals surface area contributed by atoms with Crippen LogP contribution in [0.2, 0.25) is 0 Å². The van der Waals surface area contributed by atoms with Crippen molar-refractivity contribution in [1.82, 2.24) is 15.0 Å². The van der Waals surface area contributed by atoms with Crippen molar-refractivity contribution in [1.29, 1.82) is 0 Å². The third-order valence-electron chi connectivity index (χ3n) is 4.14. The van der Waals surface area contributed by atoms with Crippen molar-refractivity contribution in [3.05, 3.63) is 48.0 Å². The summed E-state index contributed by atoms with van der Waals surface area (Å²) in [5.41, 5.74) is 3.05. The molecule has 7 heteroatoms. The number of aromatic nitrogens is 3. The van der Waals surface area contributed by atoms with Crippen molar-refractivity contribution < 1.29 is 14.3 Å². The number of nitrogens with zero attached hydrogens (tertiary/aromatic N) is 3. The molecule has 0 radical (unpaired) electrons.